The number of rotatable bonds is 6. The lowest BCUT2D eigenvalue weighted by atomic mass is 10.1. The van der Waals surface area contributed by atoms with Gasteiger partial charge in [0.25, 0.3) is 5.91 Å². The zero-order chi connectivity index (χ0) is 22.7. The van der Waals surface area contributed by atoms with E-state index in [-0.39, 0.29) is 11.2 Å². The summed E-state index contributed by atoms with van der Waals surface area (Å²) in [5, 5.41) is 4.61. The number of hydrogen-bond acceptors (Lipinski definition) is 3. The molecule has 0 saturated carbocycles. The average Bonchev–Trinajstić information content (AvgIpc) is 2.93. The van der Waals surface area contributed by atoms with E-state index in [1.807, 2.05) is 31.2 Å². The maximum atomic E-state index is 12.5. The lowest BCUT2D eigenvalue weighted by Gasteiger charge is -2.13. The fourth-order valence-corrected chi connectivity index (χ4v) is 4.97. The van der Waals surface area contributed by atoms with Crippen LogP contribution >= 0.6 is 39.3 Å². The number of nitrogens with one attached hydrogen (secondary N) is 1. The van der Waals surface area contributed by atoms with Crippen LogP contribution in [0.15, 0.2) is 56.9 Å². The van der Waals surface area contributed by atoms with Gasteiger partial charge in [0.1, 0.15) is 0 Å². The van der Waals surface area contributed by atoms with E-state index in [9.17, 15) is 4.79 Å². The van der Waals surface area contributed by atoms with Crippen molar-refractivity contribution in [3.63, 3.8) is 0 Å². The summed E-state index contributed by atoms with van der Waals surface area (Å²) >= 11 is 11.1. The minimum Gasteiger partial charge on any atom is -0.316 e. The van der Waals surface area contributed by atoms with Gasteiger partial charge < -0.3 is 4.57 Å². The van der Waals surface area contributed by atoms with Crippen molar-refractivity contribution in [3.05, 3.63) is 80.0 Å². The Morgan fingerprint density at radius 2 is 1.81 bits per heavy atom. The van der Waals surface area contributed by atoms with Gasteiger partial charge in [0, 0.05) is 37.0 Å². The first-order chi connectivity index (χ1) is 14.7. The number of aryl methyl sites for hydroxylation is 2. The molecule has 2 aromatic carbocycles. The Hall–Kier alpha value is -2.02. The Kier molecular flexibility index (Phi) is 7.68. The molecule has 1 atom stereocenters. The topological polar surface area (TPSA) is 46.4 Å². The Morgan fingerprint density at radius 1 is 1.13 bits per heavy atom. The quantitative estimate of drug-likeness (QED) is 0.223. The van der Waals surface area contributed by atoms with Gasteiger partial charge in [0.15, 0.2) is 0 Å². The number of nitrogens with zero attached hydrogens (tertiary/aromatic N) is 2. The molecule has 31 heavy (non-hydrogen) atoms. The summed E-state index contributed by atoms with van der Waals surface area (Å²) in [7, 11) is 0. The Bertz CT molecular complexity index is 1140. The highest BCUT2D eigenvalue weighted by molar-refractivity contribution is 9.10. The summed E-state index contributed by atoms with van der Waals surface area (Å²) in [5.74, 6) is -0.157. The van der Waals surface area contributed by atoms with Gasteiger partial charge in [-0.2, -0.15) is 5.10 Å². The highest BCUT2D eigenvalue weighted by Gasteiger charge is 2.18. The molecule has 0 bridgehead atoms. The Balaban J connectivity index is 1.75. The van der Waals surface area contributed by atoms with Crippen molar-refractivity contribution in [1.82, 2.24) is 9.99 Å². The summed E-state index contributed by atoms with van der Waals surface area (Å²) in [6, 6.07) is 13.9. The minimum absolute atomic E-state index is 0.157. The maximum absolute atomic E-state index is 12.5. The van der Waals surface area contributed by atoms with E-state index in [0.29, 0.717) is 5.02 Å². The van der Waals surface area contributed by atoms with Crippen LogP contribution in [0, 0.1) is 27.7 Å². The van der Waals surface area contributed by atoms with Crippen molar-refractivity contribution in [2.24, 2.45) is 5.10 Å². The molecule has 0 fully saturated rings. The summed E-state index contributed by atoms with van der Waals surface area (Å²) in [6.07, 6.45) is 1.70. The summed E-state index contributed by atoms with van der Waals surface area (Å²) in [5.41, 5.74) is 9.32. The molecule has 1 N–H and O–H groups in total. The van der Waals surface area contributed by atoms with Crippen molar-refractivity contribution in [2.45, 2.75) is 44.8 Å². The molecule has 1 aromatic heterocycles. The maximum Gasteiger partial charge on any atom is 0.253 e. The molecule has 1 amide bonds. The van der Waals surface area contributed by atoms with Crippen LogP contribution in [-0.4, -0.2) is 21.9 Å². The number of aromatic nitrogens is 1. The van der Waals surface area contributed by atoms with E-state index >= 15 is 0 Å². The van der Waals surface area contributed by atoms with Crippen LogP contribution in [0.3, 0.4) is 0 Å². The van der Waals surface area contributed by atoms with Gasteiger partial charge in [0.2, 0.25) is 0 Å². The van der Waals surface area contributed by atoms with Crippen molar-refractivity contribution < 1.29 is 4.79 Å². The van der Waals surface area contributed by atoms with Gasteiger partial charge in [-0.3, -0.25) is 4.79 Å². The molecule has 3 aromatic rings. The average molecular weight is 519 g/mol. The minimum atomic E-state index is -0.288. The highest BCUT2D eigenvalue weighted by atomic mass is 79.9. The SMILES string of the molecule is Cc1ccc(-n2c(C)c(Br)c(/C=N\NC(=O)[C@@H](C)Sc3ccc(Cl)cc3)c2C)c(C)c1. The molecule has 0 aliphatic carbocycles. The predicted octanol–water partition coefficient (Wildman–Crippen LogP) is 6.76. The van der Waals surface area contributed by atoms with Crippen molar-refractivity contribution in [1.29, 1.82) is 0 Å². The third kappa shape index (κ3) is 5.43. The molecule has 4 nitrogen and oxygen atoms in total. The number of hydrogen-bond donors (Lipinski definition) is 1. The largest absolute Gasteiger partial charge is 0.316 e. The van der Waals surface area contributed by atoms with Crippen LogP contribution in [0.5, 0.6) is 0 Å². The van der Waals surface area contributed by atoms with Crippen LogP contribution in [0.2, 0.25) is 5.02 Å². The number of halogens is 2. The second-order valence-electron chi connectivity index (χ2n) is 7.47. The molecular formula is C24H25BrClN3OS. The predicted molar refractivity (Wildman–Crippen MR) is 135 cm³/mol. The van der Waals surface area contributed by atoms with Gasteiger partial charge >= 0.3 is 0 Å². The normalized spacial score (nSPS) is 12.4. The van der Waals surface area contributed by atoms with Crippen LogP contribution in [-0.2, 0) is 4.79 Å². The second kappa shape index (κ2) is 10.1. The zero-order valence-corrected chi connectivity index (χ0v) is 21.3. The fourth-order valence-electron chi connectivity index (χ4n) is 3.41. The first-order valence-corrected chi connectivity index (χ1v) is 11.9. The standard InChI is InChI=1S/C24H25BrClN3OS/c1-14-6-11-22(15(2)12-14)29-16(3)21(23(25)17(29)4)13-27-28-24(30)18(5)31-20-9-7-19(26)8-10-20/h6-13,18H,1-5H3,(H,28,30)/b27-13-/t18-/m1/s1. The smallest absolute Gasteiger partial charge is 0.253 e. The summed E-state index contributed by atoms with van der Waals surface area (Å²) < 4.78 is 3.17. The molecular weight excluding hydrogens is 494 g/mol. The van der Waals surface area contributed by atoms with Crippen LogP contribution in [0.4, 0.5) is 0 Å². The van der Waals surface area contributed by atoms with Crippen LogP contribution in [0.25, 0.3) is 5.69 Å². The molecule has 0 unspecified atom stereocenters. The third-order valence-electron chi connectivity index (χ3n) is 5.07. The zero-order valence-electron chi connectivity index (χ0n) is 18.2. The van der Waals surface area contributed by atoms with Gasteiger partial charge in [-0.05, 0) is 86.4 Å². The van der Waals surface area contributed by atoms with Crippen LogP contribution in [0.1, 0.15) is 35.0 Å². The lowest BCUT2D eigenvalue weighted by molar-refractivity contribution is -0.120. The number of carbonyl (C=O) groups excluding carboxylic acids is 1. The van der Waals surface area contributed by atoms with E-state index in [0.717, 1.165) is 32.0 Å². The van der Waals surface area contributed by atoms with Crippen molar-refractivity contribution >= 4 is 51.4 Å². The summed E-state index contributed by atoms with van der Waals surface area (Å²) in [4.78, 5) is 13.4. The first kappa shape index (κ1) is 23.6. The molecule has 3 rings (SSSR count). The number of carbonyl (C=O) groups is 1. The molecule has 7 heteroatoms. The van der Waals surface area contributed by atoms with Crippen LogP contribution < -0.4 is 5.43 Å². The Morgan fingerprint density at radius 3 is 2.45 bits per heavy atom. The van der Waals surface area contributed by atoms with Crippen molar-refractivity contribution in [3.8, 4) is 5.69 Å². The van der Waals surface area contributed by atoms with E-state index in [2.05, 4.69) is 76.9 Å². The number of hydrazone groups is 1. The molecule has 1 heterocycles. The number of amides is 1. The first-order valence-electron chi connectivity index (χ1n) is 9.89. The van der Waals surface area contributed by atoms with Crippen molar-refractivity contribution in [2.75, 3.05) is 0 Å². The molecule has 0 spiro atoms. The Labute approximate surface area is 201 Å². The molecule has 0 aliphatic heterocycles. The van der Waals surface area contributed by atoms with E-state index in [1.165, 1.54) is 22.9 Å². The van der Waals surface area contributed by atoms with Gasteiger partial charge in [-0.25, -0.2) is 5.43 Å². The van der Waals surface area contributed by atoms with Gasteiger partial charge in [-0.15, -0.1) is 11.8 Å². The van der Waals surface area contributed by atoms with Gasteiger partial charge in [-0.1, -0.05) is 29.3 Å². The molecule has 0 radical (unpaired) electrons. The van der Waals surface area contributed by atoms with E-state index in [1.54, 1.807) is 6.21 Å². The number of thioether (sulfide) groups is 1. The van der Waals surface area contributed by atoms with E-state index in [4.69, 9.17) is 11.6 Å². The monoisotopic (exact) mass is 517 g/mol. The third-order valence-corrected chi connectivity index (χ3v) is 7.44. The number of benzene rings is 2. The molecule has 0 saturated heterocycles. The van der Waals surface area contributed by atoms with Gasteiger partial charge in [0.05, 0.1) is 11.5 Å². The summed E-state index contributed by atoms with van der Waals surface area (Å²) in [6.45, 7) is 10.2. The fraction of sp³-hybridized carbons (Fsp3) is 0.250. The highest BCUT2D eigenvalue weighted by Crippen LogP contribution is 2.31. The van der Waals surface area contributed by atoms with E-state index < -0.39 is 0 Å². The second-order valence-corrected chi connectivity index (χ2v) is 10.1. The molecule has 0 aliphatic rings. The molecule has 162 valence electrons. The lowest BCUT2D eigenvalue weighted by Crippen LogP contribution is -2.26.